The summed E-state index contributed by atoms with van der Waals surface area (Å²) in [6.45, 7) is 3.41. The van der Waals surface area contributed by atoms with Crippen molar-refractivity contribution >= 4 is 23.3 Å². The molecular weight excluding hydrogens is 309 g/mol. The molecule has 0 spiro atoms. The van der Waals surface area contributed by atoms with Crippen molar-refractivity contribution in [1.29, 1.82) is 0 Å². The topological polar surface area (TPSA) is 49.3 Å². The van der Waals surface area contributed by atoms with Crippen LogP contribution in [0.15, 0.2) is 6.07 Å². The van der Waals surface area contributed by atoms with Crippen LogP contribution >= 0.6 is 11.6 Å². The second-order valence-electron chi connectivity index (χ2n) is 4.72. The number of rotatable bonds is 1. The molecule has 5 nitrogen and oxygen atoms in total. The van der Waals surface area contributed by atoms with Gasteiger partial charge in [0.05, 0.1) is 0 Å². The van der Waals surface area contributed by atoms with Crippen molar-refractivity contribution in [2.24, 2.45) is 0 Å². The molecule has 1 saturated heterocycles. The third-order valence-corrected chi connectivity index (χ3v) is 3.41. The predicted octanol–water partition coefficient (Wildman–Crippen LogP) is 2.21. The Labute approximate surface area is 124 Å². The number of hydrogen-bond donors (Lipinski definition) is 0. The maximum atomic E-state index is 12.7. The zero-order valence-electron chi connectivity index (χ0n) is 11.3. The highest BCUT2D eigenvalue weighted by Gasteiger charge is 2.34. The van der Waals surface area contributed by atoms with Gasteiger partial charge in [-0.15, -0.1) is 0 Å². The monoisotopic (exact) mass is 322 g/mol. The van der Waals surface area contributed by atoms with E-state index in [0.717, 1.165) is 6.07 Å². The van der Waals surface area contributed by atoms with E-state index in [0.29, 0.717) is 32.6 Å². The summed E-state index contributed by atoms with van der Waals surface area (Å²) in [6, 6.07) is 0.884. The number of amides is 1. The fourth-order valence-electron chi connectivity index (χ4n) is 2.17. The third kappa shape index (κ3) is 3.96. The van der Waals surface area contributed by atoms with E-state index in [1.54, 1.807) is 9.80 Å². The zero-order valence-corrected chi connectivity index (χ0v) is 12.1. The highest BCUT2D eigenvalue weighted by atomic mass is 35.5. The van der Waals surface area contributed by atoms with E-state index < -0.39 is 17.2 Å². The van der Waals surface area contributed by atoms with Gasteiger partial charge in [-0.2, -0.15) is 13.2 Å². The van der Waals surface area contributed by atoms with Crippen LogP contribution in [0.25, 0.3) is 0 Å². The van der Waals surface area contributed by atoms with Crippen LogP contribution in [0.3, 0.4) is 0 Å². The number of alkyl halides is 3. The number of aromatic nitrogens is 2. The van der Waals surface area contributed by atoms with E-state index in [9.17, 15) is 18.0 Å². The van der Waals surface area contributed by atoms with E-state index in [-0.39, 0.29) is 11.7 Å². The summed E-state index contributed by atoms with van der Waals surface area (Å²) in [7, 11) is 0. The van der Waals surface area contributed by atoms with Crippen molar-refractivity contribution in [2.75, 3.05) is 31.1 Å². The van der Waals surface area contributed by atoms with Gasteiger partial charge in [-0.1, -0.05) is 0 Å². The third-order valence-electron chi connectivity index (χ3n) is 3.24. The molecule has 1 amide bonds. The zero-order chi connectivity index (χ0) is 15.6. The first-order valence-corrected chi connectivity index (χ1v) is 6.77. The van der Waals surface area contributed by atoms with Gasteiger partial charge in [0.15, 0.2) is 5.69 Å². The molecule has 2 rings (SSSR count). The van der Waals surface area contributed by atoms with Gasteiger partial charge < -0.3 is 9.80 Å². The Morgan fingerprint density at radius 3 is 2.57 bits per heavy atom. The Kier molecular flexibility index (Phi) is 4.55. The summed E-state index contributed by atoms with van der Waals surface area (Å²) >= 11 is 5.58. The van der Waals surface area contributed by atoms with Crippen molar-refractivity contribution in [2.45, 2.75) is 19.5 Å². The summed E-state index contributed by atoms with van der Waals surface area (Å²) < 4.78 is 38.2. The van der Waals surface area contributed by atoms with Crippen LogP contribution < -0.4 is 4.90 Å². The van der Waals surface area contributed by atoms with Gasteiger partial charge in [-0.3, -0.25) is 4.79 Å². The van der Waals surface area contributed by atoms with Crippen molar-refractivity contribution in [1.82, 2.24) is 14.9 Å². The highest BCUT2D eigenvalue weighted by molar-refractivity contribution is 6.28. The number of anilines is 1. The molecule has 2 heterocycles. The molecule has 0 radical (unpaired) electrons. The van der Waals surface area contributed by atoms with Gasteiger partial charge in [0, 0.05) is 39.2 Å². The van der Waals surface area contributed by atoms with Gasteiger partial charge in [-0.25, -0.2) is 9.97 Å². The average molecular weight is 323 g/mol. The molecule has 9 heteroatoms. The molecule has 116 valence electrons. The Bertz CT molecular complexity index is 538. The molecule has 1 aromatic rings. The summed E-state index contributed by atoms with van der Waals surface area (Å²) in [5.74, 6) is 0.0845. The largest absolute Gasteiger partial charge is 0.433 e. The number of carbonyl (C=O) groups is 1. The van der Waals surface area contributed by atoms with Crippen LogP contribution in [0.5, 0.6) is 0 Å². The van der Waals surface area contributed by atoms with Crippen molar-refractivity contribution in [3.8, 4) is 0 Å². The SMILES string of the molecule is CC(=O)N1CCCN(c2cc(C(F)(F)F)nc(Cl)n2)CC1. The maximum Gasteiger partial charge on any atom is 0.433 e. The molecule has 1 aliphatic rings. The van der Waals surface area contributed by atoms with Gasteiger partial charge in [-0.05, 0) is 18.0 Å². The number of carbonyl (C=O) groups excluding carboxylic acids is 1. The molecule has 0 unspecified atom stereocenters. The van der Waals surface area contributed by atoms with Crippen LogP contribution in [0.1, 0.15) is 19.0 Å². The molecule has 0 N–H and O–H groups in total. The number of nitrogens with zero attached hydrogens (tertiary/aromatic N) is 4. The van der Waals surface area contributed by atoms with E-state index >= 15 is 0 Å². The minimum absolute atomic E-state index is 0.0476. The maximum absolute atomic E-state index is 12.7. The second-order valence-corrected chi connectivity index (χ2v) is 5.06. The first-order chi connectivity index (χ1) is 9.77. The Morgan fingerprint density at radius 1 is 1.24 bits per heavy atom. The lowest BCUT2D eigenvalue weighted by Gasteiger charge is -2.22. The van der Waals surface area contributed by atoms with E-state index in [2.05, 4.69) is 9.97 Å². The van der Waals surface area contributed by atoms with Crippen LogP contribution in [0.4, 0.5) is 19.0 Å². The average Bonchev–Trinajstić information content (AvgIpc) is 2.62. The van der Waals surface area contributed by atoms with Crippen LogP contribution in [0, 0.1) is 0 Å². The van der Waals surface area contributed by atoms with Gasteiger partial charge >= 0.3 is 6.18 Å². The molecule has 0 aromatic carbocycles. The lowest BCUT2D eigenvalue weighted by atomic mass is 10.3. The molecule has 1 fully saturated rings. The number of halogens is 4. The minimum atomic E-state index is -4.57. The first-order valence-electron chi connectivity index (χ1n) is 6.39. The van der Waals surface area contributed by atoms with Crippen molar-refractivity contribution in [3.63, 3.8) is 0 Å². The quantitative estimate of drug-likeness (QED) is 0.744. The normalized spacial score (nSPS) is 16.8. The summed E-state index contributed by atoms with van der Waals surface area (Å²) in [6.07, 6.45) is -3.92. The summed E-state index contributed by atoms with van der Waals surface area (Å²) in [4.78, 5) is 21.8. The van der Waals surface area contributed by atoms with Gasteiger partial charge in [0.2, 0.25) is 11.2 Å². The predicted molar refractivity (Wildman–Crippen MR) is 71.1 cm³/mol. The van der Waals surface area contributed by atoms with Crippen LogP contribution in [0.2, 0.25) is 5.28 Å². The lowest BCUT2D eigenvalue weighted by molar-refractivity contribution is -0.141. The second kappa shape index (κ2) is 6.05. The fourth-order valence-corrected chi connectivity index (χ4v) is 2.35. The van der Waals surface area contributed by atoms with E-state index in [4.69, 9.17) is 11.6 Å². The van der Waals surface area contributed by atoms with Gasteiger partial charge in [0.1, 0.15) is 5.82 Å². The molecule has 1 aliphatic heterocycles. The molecule has 0 atom stereocenters. The number of hydrogen-bond acceptors (Lipinski definition) is 4. The van der Waals surface area contributed by atoms with Crippen molar-refractivity contribution in [3.05, 3.63) is 17.0 Å². The highest BCUT2D eigenvalue weighted by Crippen LogP contribution is 2.30. The molecule has 0 saturated carbocycles. The molecule has 0 bridgehead atoms. The van der Waals surface area contributed by atoms with E-state index in [1.807, 2.05) is 0 Å². The smallest absolute Gasteiger partial charge is 0.355 e. The molecule has 1 aromatic heterocycles. The van der Waals surface area contributed by atoms with Crippen LogP contribution in [-0.4, -0.2) is 47.0 Å². The van der Waals surface area contributed by atoms with Crippen molar-refractivity contribution < 1.29 is 18.0 Å². The molecule has 21 heavy (non-hydrogen) atoms. The standard InChI is InChI=1S/C12H14ClF3N4O/c1-8(21)19-3-2-4-20(6-5-19)10-7-9(12(14,15)16)17-11(13)18-10/h7H,2-6H2,1H3. The first kappa shape index (κ1) is 15.8. The summed E-state index contributed by atoms with van der Waals surface area (Å²) in [5, 5.41) is -0.438. The summed E-state index contributed by atoms with van der Waals surface area (Å²) in [5.41, 5.74) is -1.06. The van der Waals surface area contributed by atoms with Gasteiger partial charge in [0.25, 0.3) is 0 Å². The fraction of sp³-hybridized carbons (Fsp3) is 0.583. The Hall–Kier alpha value is -1.57. The Morgan fingerprint density at radius 2 is 1.95 bits per heavy atom. The van der Waals surface area contributed by atoms with Crippen LogP contribution in [-0.2, 0) is 11.0 Å². The molecular formula is C12H14ClF3N4O. The molecule has 0 aliphatic carbocycles. The lowest BCUT2D eigenvalue weighted by Crippen LogP contribution is -2.34. The minimum Gasteiger partial charge on any atom is -0.355 e. The van der Waals surface area contributed by atoms with E-state index in [1.165, 1.54) is 6.92 Å². The Balaban J connectivity index is 2.22.